The molecule has 5 rings (SSSR count). The van der Waals surface area contributed by atoms with Gasteiger partial charge in [0.05, 0.1) is 24.9 Å². The summed E-state index contributed by atoms with van der Waals surface area (Å²) >= 11 is 0. The third kappa shape index (κ3) is 5.70. The Morgan fingerprint density at radius 2 is 1.80 bits per heavy atom. The van der Waals surface area contributed by atoms with Crippen molar-refractivity contribution in [3.05, 3.63) is 59.7 Å². The van der Waals surface area contributed by atoms with E-state index in [-0.39, 0.29) is 35.8 Å². The van der Waals surface area contributed by atoms with Crippen LogP contribution in [-0.4, -0.2) is 87.5 Å². The SMILES string of the molecule is COc1cccc([C@@H](C(=O)NC[C@@H]2CCCO2)N(C[C@@H]2CCCO2)C(=O)CN2C(=O)c3ccccc3S2(=O)=O)c1. The van der Waals surface area contributed by atoms with Crippen molar-refractivity contribution in [1.82, 2.24) is 14.5 Å². The van der Waals surface area contributed by atoms with Gasteiger partial charge in [-0.25, -0.2) is 12.7 Å². The summed E-state index contributed by atoms with van der Waals surface area (Å²) in [5, 5.41) is 2.92. The lowest BCUT2D eigenvalue weighted by Gasteiger charge is -2.34. The van der Waals surface area contributed by atoms with Crippen LogP contribution in [0.15, 0.2) is 53.4 Å². The van der Waals surface area contributed by atoms with E-state index in [0.29, 0.717) is 35.3 Å². The number of hydrogen-bond acceptors (Lipinski definition) is 8. The molecule has 214 valence electrons. The van der Waals surface area contributed by atoms with Gasteiger partial charge in [-0.1, -0.05) is 24.3 Å². The molecule has 0 bridgehead atoms. The summed E-state index contributed by atoms with van der Waals surface area (Å²) in [6.45, 7) is 0.723. The summed E-state index contributed by atoms with van der Waals surface area (Å²) < 4.78 is 43.8. The predicted molar refractivity (Wildman–Crippen MR) is 143 cm³/mol. The molecule has 0 aromatic heterocycles. The van der Waals surface area contributed by atoms with Crippen LogP contribution in [0.3, 0.4) is 0 Å². The zero-order valence-corrected chi connectivity index (χ0v) is 23.1. The molecule has 3 amide bonds. The third-order valence-electron chi connectivity index (χ3n) is 7.43. The van der Waals surface area contributed by atoms with Gasteiger partial charge in [-0.15, -0.1) is 0 Å². The lowest BCUT2D eigenvalue weighted by Crippen LogP contribution is -2.51. The number of carbonyl (C=O) groups excluding carboxylic acids is 3. The van der Waals surface area contributed by atoms with E-state index in [4.69, 9.17) is 14.2 Å². The number of methoxy groups -OCH3 is 1. The summed E-state index contributed by atoms with van der Waals surface area (Å²) in [7, 11) is -2.72. The third-order valence-corrected chi connectivity index (χ3v) is 9.22. The topological polar surface area (TPSA) is 132 Å². The van der Waals surface area contributed by atoms with Gasteiger partial charge in [0, 0.05) is 26.3 Å². The Kier molecular flexibility index (Phi) is 8.38. The molecule has 40 heavy (non-hydrogen) atoms. The van der Waals surface area contributed by atoms with E-state index in [1.54, 1.807) is 30.3 Å². The number of benzene rings is 2. The van der Waals surface area contributed by atoms with Crippen molar-refractivity contribution in [3.63, 3.8) is 0 Å². The minimum absolute atomic E-state index is 0.0135. The van der Waals surface area contributed by atoms with E-state index < -0.39 is 40.3 Å². The van der Waals surface area contributed by atoms with Crippen LogP contribution in [0.25, 0.3) is 0 Å². The Hall–Kier alpha value is -3.48. The average Bonchev–Trinajstić information content (AvgIpc) is 3.71. The van der Waals surface area contributed by atoms with Crippen molar-refractivity contribution < 1.29 is 37.0 Å². The fraction of sp³-hybridized carbons (Fsp3) is 0.464. The molecule has 0 unspecified atom stereocenters. The number of amides is 3. The molecule has 2 fully saturated rings. The van der Waals surface area contributed by atoms with Gasteiger partial charge in [-0.3, -0.25) is 14.4 Å². The molecule has 11 nitrogen and oxygen atoms in total. The molecule has 2 saturated heterocycles. The summed E-state index contributed by atoms with van der Waals surface area (Å²) in [6.07, 6.45) is 2.74. The summed E-state index contributed by atoms with van der Waals surface area (Å²) in [6, 6.07) is 11.5. The lowest BCUT2D eigenvalue weighted by atomic mass is 10.0. The van der Waals surface area contributed by atoms with E-state index >= 15 is 0 Å². The molecule has 3 aliphatic rings. The summed E-state index contributed by atoms with van der Waals surface area (Å²) in [4.78, 5) is 42.0. The van der Waals surface area contributed by atoms with E-state index in [1.807, 2.05) is 0 Å². The fourth-order valence-electron chi connectivity index (χ4n) is 5.36. The molecule has 2 aromatic carbocycles. The number of rotatable bonds is 10. The number of ether oxygens (including phenoxy) is 3. The van der Waals surface area contributed by atoms with Crippen molar-refractivity contribution in [1.29, 1.82) is 0 Å². The van der Waals surface area contributed by atoms with Gasteiger partial charge >= 0.3 is 0 Å². The van der Waals surface area contributed by atoms with Crippen molar-refractivity contribution in [3.8, 4) is 5.75 Å². The molecule has 3 heterocycles. The van der Waals surface area contributed by atoms with Gasteiger partial charge in [0.2, 0.25) is 11.8 Å². The van der Waals surface area contributed by atoms with Gasteiger partial charge in [-0.05, 0) is 55.5 Å². The molecule has 3 atom stereocenters. The maximum atomic E-state index is 14.0. The van der Waals surface area contributed by atoms with Crippen LogP contribution in [0.1, 0.15) is 47.6 Å². The highest BCUT2D eigenvalue weighted by molar-refractivity contribution is 7.90. The van der Waals surface area contributed by atoms with Gasteiger partial charge in [0.15, 0.2) is 0 Å². The van der Waals surface area contributed by atoms with Crippen LogP contribution in [-0.2, 0) is 29.1 Å². The minimum atomic E-state index is -4.23. The van der Waals surface area contributed by atoms with Crippen LogP contribution < -0.4 is 10.1 Å². The molecule has 1 N–H and O–H groups in total. The summed E-state index contributed by atoms with van der Waals surface area (Å²) in [5.74, 6) is -1.43. The zero-order valence-electron chi connectivity index (χ0n) is 22.3. The maximum Gasteiger partial charge on any atom is 0.269 e. The second-order valence-electron chi connectivity index (χ2n) is 10.1. The van der Waals surface area contributed by atoms with E-state index in [9.17, 15) is 22.8 Å². The molecular weight excluding hydrogens is 538 g/mol. The first-order chi connectivity index (χ1) is 19.3. The molecule has 3 aliphatic heterocycles. The molecule has 0 spiro atoms. The number of carbonyl (C=O) groups is 3. The first kappa shape index (κ1) is 28.1. The monoisotopic (exact) mass is 571 g/mol. The Bertz CT molecular complexity index is 1370. The zero-order chi connectivity index (χ0) is 28.3. The number of nitrogens with one attached hydrogen (secondary N) is 1. The fourth-order valence-corrected chi connectivity index (χ4v) is 6.88. The second-order valence-corrected chi connectivity index (χ2v) is 11.9. The minimum Gasteiger partial charge on any atom is -0.497 e. The maximum absolute atomic E-state index is 14.0. The van der Waals surface area contributed by atoms with E-state index in [2.05, 4.69) is 5.32 Å². The van der Waals surface area contributed by atoms with Crippen molar-refractivity contribution in [2.24, 2.45) is 0 Å². The van der Waals surface area contributed by atoms with Gasteiger partial charge in [0.1, 0.15) is 23.2 Å². The average molecular weight is 572 g/mol. The Balaban J connectivity index is 1.47. The largest absolute Gasteiger partial charge is 0.497 e. The normalized spacial score (nSPS) is 22.1. The smallest absolute Gasteiger partial charge is 0.269 e. The Morgan fingerprint density at radius 3 is 2.48 bits per heavy atom. The number of nitrogens with zero attached hydrogens (tertiary/aromatic N) is 2. The highest BCUT2D eigenvalue weighted by Crippen LogP contribution is 2.32. The molecule has 0 radical (unpaired) electrons. The Morgan fingerprint density at radius 1 is 1.07 bits per heavy atom. The molecule has 0 aliphatic carbocycles. The second kappa shape index (κ2) is 11.9. The van der Waals surface area contributed by atoms with Gasteiger partial charge in [-0.2, -0.15) is 0 Å². The van der Waals surface area contributed by atoms with E-state index in [1.165, 1.54) is 30.2 Å². The molecule has 2 aromatic rings. The van der Waals surface area contributed by atoms with Gasteiger partial charge in [0.25, 0.3) is 15.9 Å². The quantitative estimate of drug-likeness (QED) is 0.458. The van der Waals surface area contributed by atoms with Crippen molar-refractivity contribution in [2.75, 3.05) is 40.0 Å². The predicted octanol–water partition coefficient (Wildman–Crippen LogP) is 1.88. The Labute approximate surface area is 233 Å². The van der Waals surface area contributed by atoms with Crippen LogP contribution in [0, 0.1) is 0 Å². The summed E-state index contributed by atoms with van der Waals surface area (Å²) in [5.41, 5.74) is 0.494. The van der Waals surface area contributed by atoms with Crippen LogP contribution >= 0.6 is 0 Å². The number of sulfonamides is 1. The standard InChI is InChI=1S/C28H33N3O8S/c1-37-20-8-4-7-19(15-20)26(27(33)29-16-21-9-5-13-38-21)30(17-22-10-6-14-39-22)25(32)18-31-28(34)23-11-2-3-12-24(23)40(31,35)36/h2-4,7-8,11-12,15,21-22,26H,5-6,9-10,13-14,16-18H2,1H3,(H,29,33)/t21-,22-,26-/m0/s1. The van der Waals surface area contributed by atoms with Crippen LogP contribution in [0.5, 0.6) is 5.75 Å². The first-order valence-electron chi connectivity index (χ1n) is 13.4. The van der Waals surface area contributed by atoms with Gasteiger partial charge < -0.3 is 24.4 Å². The first-order valence-corrected chi connectivity index (χ1v) is 14.8. The molecule has 12 heteroatoms. The molecular formula is C28H33N3O8S. The van der Waals surface area contributed by atoms with Crippen molar-refractivity contribution in [2.45, 2.75) is 48.8 Å². The van der Waals surface area contributed by atoms with Crippen LogP contribution in [0.2, 0.25) is 0 Å². The number of fused-ring (bicyclic) bond motifs is 1. The number of hydrogen-bond donors (Lipinski definition) is 1. The van der Waals surface area contributed by atoms with Crippen molar-refractivity contribution >= 4 is 27.7 Å². The van der Waals surface area contributed by atoms with Crippen LogP contribution in [0.4, 0.5) is 0 Å². The highest BCUT2D eigenvalue weighted by Gasteiger charge is 2.44. The lowest BCUT2D eigenvalue weighted by molar-refractivity contribution is -0.142. The molecule has 0 saturated carbocycles. The highest BCUT2D eigenvalue weighted by atomic mass is 32.2. The van der Waals surface area contributed by atoms with E-state index in [0.717, 1.165) is 19.3 Å².